The van der Waals surface area contributed by atoms with Crippen LogP contribution in [0.15, 0.2) is 77.3 Å². The van der Waals surface area contributed by atoms with Crippen molar-refractivity contribution in [2.45, 2.75) is 18.8 Å². The number of anilines is 1. The maximum atomic E-state index is 13.1. The largest absolute Gasteiger partial charge is 0.484 e. The standard InChI is InChI=1S/C28H28N4O6/c1-36-27(34)24-23(18-8-4-3-5-9-18)21(16-29)26(30)32(25(24)28(35)37-2)19-10-12-20(13-11-19)38-17-22(33)31-14-6-7-15-31/h3-5,8-13,23H,6-7,14-15,17,30H2,1-2H3. The topological polar surface area (TPSA) is 135 Å². The minimum atomic E-state index is -0.946. The van der Waals surface area contributed by atoms with E-state index in [1.54, 1.807) is 59.5 Å². The van der Waals surface area contributed by atoms with Crippen LogP contribution in [0.2, 0.25) is 0 Å². The van der Waals surface area contributed by atoms with Crippen LogP contribution in [0, 0.1) is 11.3 Å². The monoisotopic (exact) mass is 516 g/mol. The number of allylic oxidation sites excluding steroid dienone is 1. The lowest BCUT2D eigenvalue weighted by molar-refractivity contribution is -0.139. The molecule has 0 aromatic heterocycles. The summed E-state index contributed by atoms with van der Waals surface area (Å²) in [5.74, 6) is -2.27. The third kappa shape index (κ3) is 5.04. The normalized spacial score (nSPS) is 17.2. The van der Waals surface area contributed by atoms with Crippen molar-refractivity contribution in [1.82, 2.24) is 4.90 Å². The third-order valence-electron chi connectivity index (χ3n) is 6.53. The van der Waals surface area contributed by atoms with E-state index in [0.29, 0.717) is 17.0 Å². The highest BCUT2D eigenvalue weighted by atomic mass is 16.5. The van der Waals surface area contributed by atoms with Crippen LogP contribution < -0.4 is 15.4 Å². The molecule has 1 saturated heterocycles. The summed E-state index contributed by atoms with van der Waals surface area (Å²) in [7, 11) is 2.38. The van der Waals surface area contributed by atoms with Crippen molar-refractivity contribution >= 4 is 23.5 Å². The number of nitrogens with zero attached hydrogens (tertiary/aromatic N) is 3. The maximum Gasteiger partial charge on any atom is 0.355 e. The molecule has 2 aliphatic rings. The van der Waals surface area contributed by atoms with Gasteiger partial charge in [-0.05, 0) is 42.7 Å². The highest BCUT2D eigenvalue weighted by molar-refractivity contribution is 6.06. The summed E-state index contributed by atoms with van der Waals surface area (Å²) in [5.41, 5.74) is 7.28. The van der Waals surface area contributed by atoms with Crippen molar-refractivity contribution in [2.24, 2.45) is 5.73 Å². The molecule has 0 aliphatic carbocycles. The van der Waals surface area contributed by atoms with Crippen LogP contribution in [0.4, 0.5) is 5.69 Å². The van der Waals surface area contributed by atoms with Crippen LogP contribution in [0.1, 0.15) is 24.3 Å². The molecule has 196 valence electrons. The van der Waals surface area contributed by atoms with Gasteiger partial charge >= 0.3 is 11.9 Å². The number of benzene rings is 2. The first-order chi connectivity index (χ1) is 18.4. The molecule has 2 N–H and O–H groups in total. The molecule has 1 unspecified atom stereocenters. The summed E-state index contributed by atoms with van der Waals surface area (Å²) in [5, 5.41) is 10.1. The molecule has 0 radical (unpaired) electrons. The molecule has 0 bridgehead atoms. The van der Waals surface area contributed by atoms with Gasteiger partial charge in [0.15, 0.2) is 6.61 Å². The molecular weight excluding hydrogens is 488 g/mol. The van der Waals surface area contributed by atoms with Gasteiger partial charge in [-0.3, -0.25) is 9.69 Å². The van der Waals surface area contributed by atoms with Gasteiger partial charge in [0.2, 0.25) is 0 Å². The highest BCUT2D eigenvalue weighted by Crippen LogP contribution is 2.43. The van der Waals surface area contributed by atoms with Gasteiger partial charge in [-0.2, -0.15) is 5.26 Å². The fourth-order valence-electron chi connectivity index (χ4n) is 4.68. The average Bonchev–Trinajstić information content (AvgIpc) is 3.50. The van der Waals surface area contributed by atoms with Gasteiger partial charge in [0.25, 0.3) is 5.91 Å². The van der Waals surface area contributed by atoms with Gasteiger partial charge in [-0.1, -0.05) is 30.3 Å². The lowest BCUT2D eigenvalue weighted by atomic mass is 9.81. The third-order valence-corrected chi connectivity index (χ3v) is 6.53. The Hall–Kier alpha value is -4.78. The van der Waals surface area contributed by atoms with E-state index in [-0.39, 0.29) is 35.2 Å². The summed E-state index contributed by atoms with van der Waals surface area (Å²) in [6, 6.07) is 17.3. The van der Waals surface area contributed by atoms with E-state index in [4.69, 9.17) is 19.9 Å². The number of esters is 2. The van der Waals surface area contributed by atoms with Crippen LogP contribution >= 0.6 is 0 Å². The Labute approximate surface area is 220 Å². The molecule has 4 rings (SSSR count). The Morgan fingerprint density at radius 2 is 1.61 bits per heavy atom. The maximum absolute atomic E-state index is 13.1. The van der Waals surface area contributed by atoms with Gasteiger partial charge in [-0.25, -0.2) is 9.59 Å². The fourth-order valence-corrected chi connectivity index (χ4v) is 4.68. The summed E-state index contributed by atoms with van der Waals surface area (Å²) >= 11 is 0. The molecular formula is C28H28N4O6. The summed E-state index contributed by atoms with van der Waals surface area (Å²) in [4.78, 5) is 41.6. The van der Waals surface area contributed by atoms with Crippen molar-refractivity contribution < 1.29 is 28.6 Å². The second-order valence-corrected chi connectivity index (χ2v) is 8.71. The minimum absolute atomic E-state index is 0.0349. The molecule has 1 atom stereocenters. The van der Waals surface area contributed by atoms with E-state index in [1.807, 2.05) is 0 Å². The molecule has 2 aromatic rings. The van der Waals surface area contributed by atoms with Crippen molar-refractivity contribution in [2.75, 3.05) is 38.8 Å². The first-order valence-corrected chi connectivity index (χ1v) is 12.1. The lowest BCUT2D eigenvalue weighted by Crippen LogP contribution is -2.40. The Morgan fingerprint density at radius 1 is 0.974 bits per heavy atom. The van der Waals surface area contributed by atoms with Crippen molar-refractivity contribution in [3.63, 3.8) is 0 Å². The number of hydrogen-bond acceptors (Lipinski definition) is 9. The zero-order chi connectivity index (χ0) is 27.2. The number of ether oxygens (including phenoxy) is 3. The summed E-state index contributed by atoms with van der Waals surface area (Å²) in [6.07, 6.45) is 1.98. The van der Waals surface area contributed by atoms with E-state index in [1.165, 1.54) is 19.1 Å². The van der Waals surface area contributed by atoms with E-state index >= 15 is 0 Å². The van der Waals surface area contributed by atoms with E-state index in [0.717, 1.165) is 25.9 Å². The van der Waals surface area contributed by atoms with Crippen molar-refractivity contribution in [3.05, 3.63) is 82.8 Å². The Morgan fingerprint density at radius 3 is 2.18 bits per heavy atom. The van der Waals surface area contributed by atoms with Crippen LogP contribution in [-0.2, 0) is 23.9 Å². The van der Waals surface area contributed by atoms with Crippen LogP contribution in [0.3, 0.4) is 0 Å². The first kappa shape index (κ1) is 26.3. The number of nitriles is 1. The minimum Gasteiger partial charge on any atom is -0.484 e. The van der Waals surface area contributed by atoms with Gasteiger partial charge in [-0.15, -0.1) is 0 Å². The summed E-state index contributed by atoms with van der Waals surface area (Å²) in [6.45, 7) is 1.37. The van der Waals surface area contributed by atoms with E-state index in [2.05, 4.69) is 6.07 Å². The number of nitrogens with two attached hydrogens (primary N) is 1. The smallest absolute Gasteiger partial charge is 0.355 e. The SMILES string of the molecule is COC(=O)C1=C(C(=O)OC)N(c2ccc(OCC(=O)N3CCCC3)cc2)C(N)=C(C#N)C1c1ccccc1. The lowest BCUT2D eigenvalue weighted by Gasteiger charge is -2.35. The van der Waals surface area contributed by atoms with Crippen molar-refractivity contribution in [1.29, 1.82) is 5.26 Å². The van der Waals surface area contributed by atoms with Crippen LogP contribution in [0.25, 0.3) is 0 Å². The predicted molar refractivity (Wildman–Crippen MR) is 137 cm³/mol. The highest BCUT2D eigenvalue weighted by Gasteiger charge is 2.43. The van der Waals surface area contributed by atoms with Gasteiger partial charge in [0.1, 0.15) is 17.3 Å². The predicted octanol–water partition coefficient (Wildman–Crippen LogP) is 2.59. The molecule has 2 heterocycles. The Balaban J connectivity index is 1.75. The van der Waals surface area contributed by atoms with Crippen molar-refractivity contribution in [3.8, 4) is 11.8 Å². The van der Waals surface area contributed by atoms with Gasteiger partial charge < -0.3 is 24.8 Å². The second kappa shape index (κ2) is 11.5. The molecule has 38 heavy (non-hydrogen) atoms. The molecule has 2 aliphatic heterocycles. The molecule has 0 saturated carbocycles. The molecule has 1 amide bonds. The van der Waals surface area contributed by atoms with Gasteiger partial charge in [0, 0.05) is 18.8 Å². The summed E-state index contributed by atoms with van der Waals surface area (Å²) < 4.78 is 15.7. The van der Waals surface area contributed by atoms with Crippen LogP contribution in [-0.4, -0.2) is 56.7 Å². The average molecular weight is 517 g/mol. The zero-order valence-electron chi connectivity index (χ0n) is 21.2. The number of hydrogen-bond donors (Lipinski definition) is 1. The molecule has 2 aromatic carbocycles. The van der Waals surface area contributed by atoms with Crippen LogP contribution in [0.5, 0.6) is 5.75 Å². The van der Waals surface area contributed by atoms with E-state index in [9.17, 15) is 19.6 Å². The first-order valence-electron chi connectivity index (χ1n) is 12.1. The van der Waals surface area contributed by atoms with Gasteiger partial charge in [0.05, 0.1) is 37.4 Å². The Bertz CT molecular complexity index is 1320. The number of amides is 1. The fraction of sp³-hybridized carbons (Fsp3) is 0.286. The second-order valence-electron chi connectivity index (χ2n) is 8.71. The zero-order valence-corrected chi connectivity index (χ0v) is 21.2. The number of methoxy groups -OCH3 is 2. The Kier molecular flexibility index (Phi) is 7.97. The number of likely N-dealkylation sites (tertiary alicyclic amines) is 1. The molecule has 10 nitrogen and oxygen atoms in total. The number of rotatable bonds is 7. The quantitative estimate of drug-likeness (QED) is 0.551. The molecule has 1 fully saturated rings. The van der Waals surface area contributed by atoms with E-state index < -0.39 is 17.9 Å². The number of carbonyl (C=O) groups excluding carboxylic acids is 3. The molecule has 10 heteroatoms. The molecule has 0 spiro atoms. The number of carbonyl (C=O) groups is 3.